The molecule has 0 saturated carbocycles. The Balaban J connectivity index is 1.43. The minimum absolute atomic E-state index is 0.233. The van der Waals surface area contributed by atoms with Crippen LogP contribution in [0.1, 0.15) is 81.4 Å². The normalized spacial score (nSPS) is 15.3. The summed E-state index contributed by atoms with van der Waals surface area (Å²) in [5.74, 6) is -3.14. The van der Waals surface area contributed by atoms with Crippen LogP contribution in [-0.4, -0.2) is 32.4 Å². The first kappa shape index (κ1) is 30.5. The number of aryl methyl sites for hydroxylation is 2. The van der Waals surface area contributed by atoms with Gasteiger partial charge in [0, 0.05) is 0 Å². The number of carboxylic acid groups (broad SMARTS) is 2. The summed E-state index contributed by atoms with van der Waals surface area (Å²) in [6, 6.07) is 18.6. The molecular formula is C30H40N4O4S. The Morgan fingerprint density at radius 1 is 0.744 bits per heavy atom. The molecule has 2 N–H and O–H groups in total. The Labute approximate surface area is 235 Å². The fourth-order valence-electron chi connectivity index (χ4n) is 5.00. The van der Waals surface area contributed by atoms with Gasteiger partial charge in [-0.15, -0.1) is 10.2 Å². The maximum Gasteiger partial charge on any atom is 0.317 e. The topological polar surface area (TPSA) is 124 Å². The van der Waals surface area contributed by atoms with E-state index in [2.05, 4.69) is 57.1 Å². The maximum atomic E-state index is 12.2. The number of thioether (sulfide) groups is 1. The molecule has 0 aliphatic carbocycles. The van der Waals surface area contributed by atoms with Crippen molar-refractivity contribution >= 4 is 23.7 Å². The Hall–Kier alpha value is -3.07. The van der Waals surface area contributed by atoms with Gasteiger partial charge in [-0.3, -0.25) is 9.59 Å². The monoisotopic (exact) mass is 552 g/mol. The van der Waals surface area contributed by atoms with Gasteiger partial charge in [0.05, 0.1) is 0 Å². The molecule has 9 heteroatoms. The minimum Gasteiger partial charge on any atom is -0.481 e. The quantitative estimate of drug-likeness (QED) is 0.171. The minimum atomic E-state index is -1.56. The lowest BCUT2D eigenvalue weighted by Gasteiger charge is -2.28. The fourth-order valence-corrected chi connectivity index (χ4v) is 6.38. The molecule has 0 bridgehead atoms. The predicted octanol–water partition coefficient (Wildman–Crippen LogP) is 7.92. The van der Waals surface area contributed by atoms with Crippen molar-refractivity contribution < 1.29 is 19.8 Å². The molecule has 8 nitrogen and oxygen atoms in total. The largest absolute Gasteiger partial charge is 0.481 e. The lowest BCUT2D eigenvalue weighted by molar-refractivity contribution is -0.143. The Morgan fingerprint density at radius 2 is 1.28 bits per heavy atom. The van der Waals surface area contributed by atoms with E-state index in [1.54, 1.807) is 6.92 Å². The number of carbonyl (C=O) groups is 2. The van der Waals surface area contributed by atoms with Crippen molar-refractivity contribution in [3.05, 3.63) is 71.3 Å². The van der Waals surface area contributed by atoms with Crippen molar-refractivity contribution in [3.63, 3.8) is 0 Å². The van der Waals surface area contributed by atoms with E-state index in [1.165, 1.54) is 44.1 Å². The van der Waals surface area contributed by atoms with E-state index in [0.717, 1.165) is 48.6 Å². The molecule has 1 heterocycles. The molecule has 2 aromatic carbocycles. The molecule has 1 aliphatic heterocycles. The van der Waals surface area contributed by atoms with Crippen LogP contribution in [0.2, 0.25) is 0 Å². The van der Waals surface area contributed by atoms with Crippen LogP contribution < -0.4 is 0 Å². The number of rotatable bonds is 19. The van der Waals surface area contributed by atoms with Crippen LogP contribution in [-0.2, 0) is 28.9 Å². The summed E-state index contributed by atoms with van der Waals surface area (Å²) in [5.41, 5.74) is 3.52. The van der Waals surface area contributed by atoms with Crippen molar-refractivity contribution in [1.29, 1.82) is 0 Å². The van der Waals surface area contributed by atoms with Crippen LogP contribution in [0.25, 0.3) is 0 Å². The highest BCUT2D eigenvalue weighted by molar-refractivity contribution is 8.01. The van der Waals surface area contributed by atoms with E-state index in [-0.39, 0.29) is 12.8 Å². The van der Waals surface area contributed by atoms with Crippen molar-refractivity contribution in [1.82, 2.24) is 0 Å². The zero-order valence-electron chi connectivity index (χ0n) is 22.7. The first-order chi connectivity index (χ1) is 18.9. The summed E-state index contributed by atoms with van der Waals surface area (Å²) in [6.45, 7) is 1.71. The van der Waals surface area contributed by atoms with E-state index in [9.17, 15) is 19.8 Å². The molecule has 1 aliphatic rings. The van der Waals surface area contributed by atoms with E-state index in [4.69, 9.17) is 0 Å². The summed E-state index contributed by atoms with van der Waals surface area (Å²) in [4.78, 5) is 22.5. The number of hydrogen-bond acceptors (Lipinski definition) is 7. The lowest BCUT2D eigenvalue weighted by atomic mass is 9.97. The highest BCUT2D eigenvalue weighted by Gasteiger charge is 2.49. The molecule has 39 heavy (non-hydrogen) atoms. The van der Waals surface area contributed by atoms with Crippen LogP contribution in [0.15, 0.2) is 75.3 Å². The molecule has 0 amide bonds. The summed E-state index contributed by atoms with van der Waals surface area (Å²) < 4.78 is 0. The van der Waals surface area contributed by atoms with Crippen molar-refractivity contribution in [2.24, 2.45) is 26.6 Å². The molecule has 0 spiro atoms. The average Bonchev–Trinajstić information content (AvgIpc) is 3.40. The van der Waals surface area contributed by atoms with Gasteiger partial charge in [0.1, 0.15) is 11.2 Å². The Bertz CT molecular complexity index is 1100. The third-order valence-electron chi connectivity index (χ3n) is 7.20. The van der Waals surface area contributed by atoms with Gasteiger partial charge in [-0.2, -0.15) is 0 Å². The smallest absolute Gasteiger partial charge is 0.317 e. The lowest BCUT2D eigenvalue weighted by Crippen LogP contribution is -2.38. The maximum absolute atomic E-state index is 12.2. The first-order valence-electron chi connectivity index (χ1n) is 14.0. The van der Waals surface area contributed by atoms with Crippen molar-refractivity contribution in [2.45, 2.75) is 94.2 Å². The third-order valence-corrected chi connectivity index (χ3v) is 8.64. The van der Waals surface area contributed by atoms with Gasteiger partial charge in [-0.1, -0.05) is 112 Å². The number of carboxylic acids is 2. The molecule has 0 radical (unpaired) electrons. The molecule has 3 rings (SSSR count). The van der Waals surface area contributed by atoms with Crippen LogP contribution >= 0.6 is 11.8 Å². The van der Waals surface area contributed by atoms with E-state index in [0.29, 0.717) is 0 Å². The predicted molar refractivity (Wildman–Crippen MR) is 154 cm³/mol. The SMILES string of the molecule is CCC(C(=O)O)C1(SC(Cc2ccccc2CCCCCCCCCCc2ccccc2)C(=O)O)N=NN=N1. The number of benzene rings is 2. The van der Waals surface area contributed by atoms with Gasteiger partial charge < -0.3 is 10.2 Å². The second-order valence-electron chi connectivity index (χ2n) is 10.1. The second-order valence-corrected chi connectivity index (χ2v) is 11.5. The second kappa shape index (κ2) is 16.1. The number of unbranched alkanes of at least 4 members (excludes halogenated alkanes) is 7. The summed E-state index contributed by atoms with van der Waals surface area (Å²) >= 11 is 0.913. The first-order valence-corrected chi connectivity index (χ1v) is 14.9. The summed E-state index contributed by atoms with van der Waals surface area (Å²) in [7, 11) is 0. The van der Waals surface area contributed by atoms with Crippen LogP contribution in [0.3, 0.4) is 0 Å². The number of hydrogen-bond donors (Lipinski definition) is 2. The number of aliphatic carboxylic acids is 2. The molecule has 0 fully saturated rings. The highest BCUT2D eigenvalue weighted by atomic mass is 32.2. The summed E-state index contributed by atoms with van der Waals surface area (Å²) in [6.07, 6.45) is 12.3. The highest BCUT2D eigenvalue weighted by Crippen LogP contribution is 2.44. The van der Waals surface area contributed by atoms with Gasteiger partial charge in [-0.05, 0) is 65.7 Å². The van der Waals surface area contributed by atoms with Crippen LogP contribution in [0.5, 0.6) is 0 Å². The third kappa shape index (κ3) is 9.56. The van der Waals surface area contributed by atoms with Crippen LogP contribution in [0, 0.1) is 5.92 Å². The average molecular weight is 553 g/mol. The molecule has 0 saturated heterocycles. The summed E-state index contributed by atoms with van der Waals surface area (Å²) in [5, 5.41) is 33.7. The van der Waals surface area contributed by atoms with Crippen LogP contribution in [0.4, 0.5) is 0 Å². The van der Waals surface area contributed by atoms with Gasteiger partial charge in [-0.25, -0.2) is 0 Å². The molecule has 2 unspecified atom stereocenters. The van der Waals surface area contributed by atoms with Gasteiger partial charge in [0.25, 0.3) is 4.99 Å². The molecule has 2 aromatic rings. The van der Waals surface area contributed by atoms with Gasteiger partial charge in [0.15, 0.2) is 0 Å². The Morgan fingerprint density at radius 3 is 1.85 bits per heavy atom. The number of nitrogens with zero attached hydrogens (tertiary/aromatic N) is 4. The Kier molecular flexibility index (Phi) is 12.6. The van der Waals surface area contributed by atoms with E-state index < -0.39 is 28.1 Å². The zero-order chi connectivity index (χ0) is 27.9. The molecule has 2 atom stereocenters. The standard InChI is InChI=1S/C30H40N4O4S/c1-2-26(28(35)36)30(31-33-34-32-30)39-27(29(37)38)22-25-21-15-14-20-24(25)19-13-8-6-4-3-5-7-10-16-23-17-11-9-12-18-23/h9,11-12,14-15,17-18,20-21,26-27H,2-8,10,13,16,19,22H2,1H3,(H,35,36)(H,37,38). The zero-order valence-corrected chi connectivity index (χ0v) is 23.6. The fraction of sp³-hybridized carbons (Fsp3) is 0.533. The van der Waals surface area contributed by atoms with Gasteiger partial charge >= 0.3 is 11.9 Å². The molecule has 0 aromatic heterocycles. The van der Waals surface area contributed by atoms with Crippen molar-refractivity contribution in [3.8, 4) is 0 Å². The van der Waals surface area contributed by atoms with Gasteiger partial charge in [0.2, 0.25) is 0 Å². The van der Waals surface area contributed by atoms with Crippen molar-refractivity contribution in [2.75, 3.05) is 0 Å². The van der Waals surface area contributed by atoms with E-state index in [1.807, 2.05) is 18.2 Å². The van der Waals surface area contributed by atoms with E-state index >= 15 is 0 Å². The molecular weight excluding hydrogens is 512 g/mol. The molecule has 210 valence electrons.